The molecule has 0 unspecified atom stereocenters. The Kier molecular flexibility index (Phi) is 3.88. The fourth-order valence-corrected chi connectivity index (χ4v) is 1.80. The first kappa shape index (κ1) is 13.9. The van der Waals surface area contributed by atoms with Crippen molar-refractivity contribution in [2.24, 2.45) is 14.1 Å². The monoisotopic (exact) mass is 277 g/mol. The second-order valence-corrected chi connectivity index (χ2v) is 4.43. The Morgan fingerprint density at radius 1 is 1.35 bits per heavy atom. The van der Waals surface area contributed by atoms with Crippen LogP contribution in [0, 0.1) is 0 Å². The zero-order valence-electron chi connectivity index (χ0n) is 11.3. The molecule has 2 aromatic rings. The molecule has 0 radical (unpaired) electrons. The summed E-state index contributed by atoms with van der Waals surface area (Å²) in [7, 11) is 2.88. The number of nitrogens with one attached hydrogen (secondary N) is 1. The van der Waals surface area contributed by atoms with E-state index in [9.17, 15) is 14.4 Å². The third-order valence-corrected chi connectivity index (χ3v) is 2.90. The molecular formula is C13H15N3O4. The van der Waals surface area contributed by atoms with Crippen LogP contribution in [0.15, 0.2) is 38.6 Å². The van der Waals surface area contributed by atoms with Crippen LogP contribution < -0.4 is 16.6 Å². The van der Waals surface area contributed by atoms with Crippen LogP contribution in [0.5, 0.6) is 0 Å². The minimum atomic E-state index is -0.528. The molecule has 0 aliphatic heterocycles. The smallest absolute Gasteiger partial charge is 0.330 e. The molecule has 0 aromatic carbocycles. The molecular weight excluding hydrogens is 262 g/mol. The molecule has 0 aliphatic carbocycles. The van der Waals surface area contributed by atoms with Gasteiger partial charge in [0.1, 0.15) is 11.4 Å². The van der Waals surface area contributed by atoms with E-state index in [1.165, 1.54) is 31.1 Å². The lowest BCUT2D eigenvalue weighted by molar-refractivity contribution is -0.116. The number of rotatable bonds is 4. The molecule has 0 spiro atoms. The lowest BCUT2D eigenvalue weighted by atomic mass is 10.2. The van der Waals surface area contributed by atoms with Gasteiger partial charge >= 0.3 is 5.69 Å². The number of aryl methyl sites for hydroxylation is 2. The van der Waals surface area contributed by atoms with E-state index in [0.29, 0.717) is 12.2 Å². The number of carbonyl (C=O) groups excluding carboxylic acids is 1. The van der Waals surface area contributed by atoms with Gasteiger partial charge in [-0.1, -0.05) is 0 Å². The van der Waals surface area contributed by atoms with Gasteiger partial charge in [0.2, 0.25) is 5.91 Å². The van der Waals surface area contributed by atoms with Gasteiger partial charge < -0.3 is 14.3 Å². The molecule has 2 heterocycles. The Morgan fingerprint density at radius 2 is 2.10 bits per heavy atom. The lowest BCUT2D eigenvalue weighted by Crippen LogP contribution is -2.38. The SMILES string of the molecule is Cn1cc(NC(=O)CCc2ccco2)c(=O)n(C)c1=O. The number of aromatic nitrogens is 2. The molecule has 0 fully saturated rings. The average molecular weight is 277 g/mol. The van der Waals surface area contributed by atoms with Crippen molar-refractivity contribution in [2.45, 2.75) is 12.8 Å². The second-order valence-electron chi connectivity index (χ2n) is 4.43. The predicted molar refractivity (Wildman–Crippen MR) is 72.6 cm³/mol. The summed E-state index contributed by atoms with van der Waals surface area (Å²) in [6.45, 7) is 0. The third kappa shape index (κ3) is 2.87. The number of amides is 1. The maximum absolute atomic E-state index is 11.8. The van der Waals surface area contributed by atoms with Crippen molar-refractivity contribution in [1.82, 2.24) is 9.13 Å². The summed E-state index contributed by atoms with van der Waals surface area (Å²) in [5.41, 5.74) is -0.887. The summed E-state index contributed by atoms with van der Waals surface area (Å²) >= 11 is 0. The third-order valence-electron chi connectivity index (χ3n) is 2.90. The Hall–Kier alpha value is -2.57. The standard InChI is InChI=1S/C13H15N3O4/c1-15-8-10(12(18)16(2)13(15)19)14-11(17)6-5-9-4-3-7-20-9/h3-4,7-8H,5-6H2,1-2H3,(H,14,17). The van der Waals surface area contributed by atoms with Crippen LogP contribution in [0.25, 0.3) is 0 Å². The first-order chi connectivity index (χ1) is 9.49. The summed E-state index contributed by atoms with van der Waals surface area (Å²) in [6.07, 6.45) is 3.50. The maximum Gasteiger partial charge on any atom is 0.330 e. The Balaban J connectivity index is 2.08. The second kappa shape index (κ2) is 5.60. The molecule has 2 rings (SSSR count). The van der Waals surface area contributed by atoms with Crippen LogP contribution in [0.2, 0.25) is 0 Å². The minimum absolute atomic E-state index is 0.0824. The van der Waals surface area contributed by atoms with Crippen LogP contribution in [0.3, 0.4) is 0 Å². The normalized spacial score (nSPS) is 10.5. The van der Waals surface area contributed by atoms with Crippen LogP contribution in [-0.2, 0) is 25.3 Å². The molecule has 0 bridgehead atoms. The Labute approximate surface area is 114 Å². The lowest BCUT2D eigenvalue weighted by Gasteiger charge is -2.07. The van der Waals surface area contributed by atoms with E-state index < -0.39 is 11.2 Å². The van der Waals surface area contributed by atoms with E-state index in [2.05, 4.69) is 5.32 Å². The van der Waals surface area contributed by atoms with Crippen molar-refractivity contribution in [3.05, 3.63) is 51.2 Å². The zero-order valence-corrected chi connectivity index (χ0v) is 11.3. The number of hydrogen-bond acceptors (Lipinski definition) is 4. The van der Waals surface area contributed by atoms with Gasteiger partial charge in [0.25, 0.3) is 5.56 Å². The van der Waals surface area contributed by atoms with Crippen molar-refractivity contribution in [3.8, 4) is 0 Å². The van der Waals surface area contributed by atoms with Crippen LogP contribution in [0.1, 0.15) is 12.2 Å². The molecule has 7 nitrogen and oxygen atoms in total. The van der Waals surface area contributed by atoms with Crippen LogP contribution in [-0.4, -0.2) is 15.0 Å². The minimum Gasteiger partial charge on any atom is -0.469 e. The first-order valence-corrected chi connectivity index (χ1v) is 6.08. The fourth-order valence-electron chi connectivity index (χ4n) is 1.80. The van der Waals surface area contributed by atoms with E-state index in [1.807, 2.05) is 0 Å². The van der Waals surface area contributed by atoms with E-state index in [-0.39, 0.29) is 18.0 Å². The van der Waals surface area contributed by atoms with Crippen LogP contribution >= 0.6 is 0 Å². The number of hydrogen-bond donors (Lipinski definition) is 1. The summed E-state index contributed by atoms with van der Waals surface area (Å²) in [6, 6.07) is 3.52. The highest BCUT2D eigenvalue weighted by atomic mass is 16.3. The van der Waals surface area contributed by atoms with Crippen molar-refractivity contribution < 1.29 is 9.21 Å². The van der Waals surface area contributed by atoms with Gasteiger partial charge in [0, 0.05) is 33.1 Å². The number of carbonyl (C=O) groups is 1. The first-order valence-electron chi connectivity index (χ1n) is 6.08. The average Bonchev–Trinajstić information content (AvgIpc) is 2.93. The van der Waals surface area contributed by atoms with Crippen molar-refractivity contribution in [3.63, 3.8) is 0 Å². The molecule has 2 aromatic heterocycles. The van der Waals surface area contributed by atoms with E-state index in [1.54, 1.807) is 12.1 Å². The zero-order chi connectivity index (χ0) is 14.7. The van der Waals surface area contributed by atoms with Gasteiger partial charge in [0.05, 0.1) is 6.26 Å². The summed E-state index contributed by atoms with van der Waals surface area (Å²) in [5, 5.41) is 2.51. The maximum atomic E-state index is 11.8. The largest absolute Gasteiger partial charge is 0.469 e. The number of anilines is 1. The quantitative estimate of drug-likeness (QED) is 0.867. The van der Waals surface area contributed by atoms with E-state index in [0.717, 1.165) is 4.57 Å². The molecule has 1 amide bonds. The van der Waals surface area contributed by atoms with Gasteiger partial charge in [-0.25, -0.2) is 4.79 Å². The Morgan fingerprint density at radius 3 is 2.75 bits per heavy atom. The van der Waals surface area contributed by atoms with E-state index in [4.69, 9.17) is 4.42 Å². The van der Waals surface area contributed by atoms with Crippen molar-refractivity contribution in [2.75, 3.05) is 5.32 Å². The van der Waals surface area contributed by atoms with Gasteiger partial charge in [-0.2, -0.15) is 0 Å². The highest BCUT2D eigenvalue weighted by Gasteiger charge is 2.10. The fraction of sp³-hybridized carbons (Fsp3) is 0.308. The number of furan rings is 1. The Bertz CT molecular complexity index is 725. The molecule has 1 N–H and O–H groups in total. The summed E-state index contributed by atoms with van der Waals surface area (Å²) < 4.78 is 7.31. The summed E-state index contributed by atoms with van der Waals surface area (Å²) in [4.78, 5) is 35.1. The molecule has 0 saturated heterocycles. The van der Waals surface area contributed by atoms with Crippen LogP contribution in [0.4, 0.5) is 5.69 Å². The highest BCUT2D eigenvalue weighted by Crippen LogP contribution is 2.05. The molecule has 20 heavy (non-hydrogen) atoms. The molecule has 0 atom stereocenters. The summed E-state index contributed by atoms with van der Waals surface area (Å²) in [5.74, 6) is 0.394. The molecule has 0 aliphatic rings. The van der Waals surface area contributed by atoms with Crippen molar-refractivity contribution >= 4 is 11.6 Å². The van der Waals surface area contributed by atoms with Gasteiger partial charge in [-0.15, -0.1) is 0 Å². The molecule has 0 saturated carbocycles. The van der Waals surface area contributed by atoms with Crippen molar-refractivity contribution in [1.29, 1.82) is 0 Å². The molecule has 7 heteroatoms. The topological polar surface area (TPSA) is 86.2 Å². The van der Waals surface area contributed by atoms with Gasteiger partial charge in [-0.05, 0) is 12.1 Å². The van der Waals surface area contributed by atoms with Gasteiger partial charge in [0.15, 0.2) is 0 Å². The molecule has 106 valence electrons. The highest BCUT2D eigenvalue weighted by molar-refractivity contribution is 5.90. The van der Waals surface area contributed by atoms with Gasteiger partial charge in [-0.3, -0.25) is 14.2 Å². The number of nitrogens with zero attached hydrogens (tertiary/aromatic N) is 2. The predicted octanol–water partition coefficient (Wildman–Crippen LogP) is 0.248. The van der Waals surface area contributed by atoms with E-state index >= 15 is 0 Å².